The van der Waals surface area contributed by atoms with Gasteiger partial charge in [0.1, 0.15) is 0 Å². The summed E-state index contributed by atoms with van der Waals surface area (Å²) in [6.45, 7) is 0. The van der Waals surface area contributed by atoms with Gasteiger partial charge in [-0.25, -0.2) is 8.42 Å². The molecule has 0 aromatic heterocycles. The fraction of sp³-hybridized carbons (Fsp3) is 0.538. The Bertz CT molecular complexity index is 566. The van der Waals surface area contributed by atoms with Crippen LogP contribution in [0.3, 0.4) is 0 Å². The van der Waals surface area contributed by atoms with E-state index < -0.39 is 21.6 Å². The van der Waals surface area contributed by atoms with E-state index in [2.05, 4.69) is 0 Å². The molecule has 1 heterocycles. The average Bonchev–Trinajstić information content (AvgIpc) is 2.69. The van der Waals surface area contributed by atoms with Gasteiger partial charge in [0.15, 0.2) is 9.84 Å². The van der Waals surface area contributed by atoms with Gasteiger partial charge in [-0.3, -0.25) is 0 Å². The molecule has 0 saturated carbocycles. The van der Waals surface area contributed by atoms with E-state index in [4.69, 9.17) is 11.6 Å². The first-order chi connectivity index (χ1) is 9.17. The summed E-state index contributed by atoms with van der Waals surface area (Å²) >= 11 is 6.19. The molecule has 1 saturated heterocycles. The maximum Gasteiger partial charge on any atom is 0.416 e. The monoisotopic (exact) mass is 326 g/mol. The normalized spacial score (nSPS) is 23.7. The van der Waals surface area contributed by atoms with Crippen molar-refractivity contribution in [3.63, 3.8) is 0 Å². The first kappa shape index (κ1) is 15.6. The lowest BCUT2D eigenvalue weighted by atomic mass is 9.98. The van der Waals surface area contributed by atoms with Crippen LogP contribution < -0.4 is 0 Å². The Labute approximate surface area is 120 Å². The summed E-state index contributed by atoms with van der Waals surface area (Å²) in [5.74, 6) is 0.0966. The van der Waals surface area contributed by atoms with Crippen molar-refractivity contribution >= 4 is 21.4 Å². The molecule has 7 heteroatoms. The van der Waals surface area contributed by atoms with Crippen LogP contribution in [0.4, 0.5) is 13.2 Å². The summed E-state index contributed by atoms with van der Waals surface area (Å²) in [4.78, 5) is 0. The van der Waals surface area contributed by atoms with Crippen LogP contribution in [0.25, 0.3) is 0 Å². The van der Waals surface area contributed by atoms with Gasteiger partial charge < -0.3 is 0 Å². The highest BCUT2D eigenvalue weighted by molar-refractivity contribution is 7.91. The predicted octanol–water partition coefficient (Wildman–Crippen LogP) is 3.29. The van der Waals surface area contributed by atoms with Crippen molar-refractivity contribution in [2.24, 2.45) is 5.92 Å². The van der Waals surface area contributed by atoms with E-state index in [0.29, 0.717) is 18.4 Å². The Hall–Kier alpha value is -0.750. The lowest BCUT2D eigenvalue weighted by Crippen LogP contribution is -2.19. The Kier molecular flexibility index (Phi) is 4.35. The van der Waals surface area contributed by atoms with Gasteiger partial charge in [-0.15, -0.1) is 11.6 Å². The molecular weight excluding hydrogens is 313 g/mol. The number of alkyl halides is 4. The Balaban J connectivity index is 2.00. The summed E-state index contributed by atoms with van der Waals surface area (Å²) < 4.78 is 60.0. The van der Waals surface area contributed by atoms with Crippen LogP contribution in [0.1, 0.15) is 17.5 Å². The minimum Gasteiger partial charge on any atom is -0.229 e. The zero-order chi connectivity index (χ0) is 15.0. The molecule has 0 radical (unpaired) electrons. The highest BCUT2D eigenvalue weighted by Crippen LogP contribution is 2.31. The Morgan fingerprint density at radius 1 is 1.25 bits per heavy atom. The van der Waals surface area contributed by atoms with E-state index in [-0.39, 0.29) is 22.8 Å². The fourth-order valence-corrected chi connectivity index (χ4v) is 4.71. The van der Waals surface area contributed by atoms with Crippen molar-refractivity contribution in [1.82, 2.24) is 0 Å². The molecule has 1 aromatic rings. The maximum absolute atomic E-state index is 12.4. The van der Waals surface area contributed by atoms with E-state index in [1.54, 1.807) is 0 Å². The van der Waals surface area contributed by atoms with Gasteiger partial charge in [-0.2, -0.15) is 13.2 Å². The summed E-state index contributed by atoms with van der Waals surface area (Å²) in [5, 5.41) is -0.371. The molecule has 0 aliphatic carbocycles. The van der Waals surface area contributed by atoms with Gasteiger partial charge in [-0.05, 0) is 36.5 Å². The van der Waals surface area contributed by atoms with Crippen LogP contribution >= 0.6 is 11.6 Å². The molecule has 0 amide bonds. The Morgan fingerprint density at radius 3 is 2.30 bits per heavy atom. The van der Waals surface area contributed by atoms with Crippen molar-refractivity contribution in [2.75, 3.05) is 11.5 Å². The summed E-state index contributed by atoms with van der Waals surface area (Å²) in [7, 11) is -2.99. The van der Waals surface area contributed by atoms with Gasteiger partial charge in [0.25, 0.3) is 0 Å². The zero-order valence-corrected chi connectivity index (χ0v) is 12.1. The van der Waals surface area contributed by atoms with E-state index in [1.165, 1.54) is 12.1 Å². The number of benzene rings is 1. The average molecular weight is 327 g/mol. The molecule has 2 atom stereocenters. The molecule has 1 aromatic carbocycles. The van der Waals surface area contributed by atoms with Crippen LogP contribution in [-0.2, 0) is 22.4 Å². The maximum atomic E-state index is 12.4. The van der Waals surface area contributed by atoms with Crippen LogP contribution in [0.2, 0.25) is 0 Å². The molecule has 2 rings (SSSR count). The van der Waals surface area contributed by atoms with Crippen molar-refractivity contribution in [2.45, 2.75) is 24.4 Å². The zero-order valence-electron chi connectivity index (χ0n) is 10.5. The second-order valence-electron chi connectivity index (χ2n) is 5.08. The summed E-state index contributed by atoms with van der Waals surface area (Å²) in [5.41, 5.74) is -0.0156. The number of hydrogen-bond acceptors (Lipinski definition) is 2. The van der Waals surface area contributed by atoms with Crippen LogP contribution in [-0.4, -0.2) is 25.3 Å². The molecule has 0 N–H and O–H groups in total. The molecule has 2 nitrogen and oxygen atoms in total. The van der Waals surface area contributed by atoms with Crippen LogP contribution in [0, 0.1) is 5.92 Å². The topological polar surface area (TPSA) is 34.1 Å². The molecule has 1 fully saturated rings. The summed E-state index contributed by atoms with van der Waals surface area (Å²) in [6.07, 6.45) is -3.45. The van der Waals surface area contributed by atoms with Gasteiger partial charge in [-0.1, -0.05) is 12.1 Å². The smallest absolute Gasteiger partial charge is 0.229 e. The van der Waals surface area contributed by atoms with E-state index >= 15 is 0 Å². The molecule has 0 bridgehead atoms. The van der Waals surface area contributed by atoms with Crippen molar-refractivity contribution in [3.8, 4) is 0 Å². The van der Waals surface area contributed by atoms with Gasteiger partial charge >= 0.3 is 6.18 Å². The highest BCUT2D eigenvalue weighted by Gasteiger charge is 2.33. The number of rotatable bonds is 3. The second kappa shape index (κ2) is 5.56. The number of halogens is 4. The highest BCUT2D eigenvalue weighted by atomic mass is 35.5. The fourth-order valence-electron chi connectivity index (χ4n) is 2.33. The van der Waals surface area contributed by atoms with E-state index in [9.17, 15) is 21.6 Å². The minimum atomic E-state index is -4.35. The van der Waals surface area contributed by atoms with E-state index in [0.717, 1.165) is 12.1 Å². The van der Waals surface area contributed by atoms with Crippen LogP contribution in [0.15, 0.2) is 24.3 Å². The van der Waals surface area contributed by atoms with Gasteiger partial charge in [0.05, 0.1) is 17.1 Å². The minimum absolute atomic E-state index is 0.0712. The SMILES string of the molecule is O=S1(=O)CCC(C(Cl)Cc2ccc(C(F)(F)F)cc2)C1. The predicted molar refractivity (Wildman–Crippen MR) is 71.5 cm³/mol. The molecular formula is C13H14ClF3O2S. The number of sulfone groups is 1. The third-order valence-corrected chi connectivity index (χ3v) is 5.80. The lowest BCUT2D eigenvalue weighted by molar-refractivity contribution is -0.137. The standard InChI is InChI=1S/C13H14ClF3O2S/c14-12(10-5-6-20(18,19)8-10)7-9-1-3-11(4-2-9)13(15,16)17/h1-4,10,12H,5-8H2. The molecule has 112 valence electrons. The van der Waals surface area contributed by atoms with Crippen molar-refractivity contribution in [1.29, 1.82) is 0 Å². The molecule has 20 heavy (non-hydrogen) atoms. The van der Waals surface area contributed by atoms with Crippen molar-refractivity contribution in [3.05, 3.63) is 35.4 Å². The molecule has 1 aliphatic rings. The Morgan fingerprint density at radius 2 is 1.85 bits per heavy atom. The van der Waals surface area contributed by atoms with Crippen LogP contribution in [0.5, 0.6) is 0 Å². The molecule has 2 unspecified atom stereocenters. The van der Waals surface area contributed by atoms with Gasteiger partial charge in [0.2, 0.25) is 0 Å². The first-order valence-corrected chi connectivity index (χ1v) is 8.44. The second-order valence-corrected chi connectivity index (χ2v) is 7.87. The quantitative estimate of drug-likeness (QED) is 0.799. The largest absolute Gasteiger partial charge is 0.416 e. The van der Waals surface area contributed by atoms with Gasteiger partial charge in [0, 0.05) is 5.38 Å². The molecule has 0 spiro atoms. The van der Waals surface area contributed by atoms with E-state index in [1.807, 2.05) is 0 Å². The third-order valence-electron chi connectivity index (χ3n) is 3.49. The lowest BCUT2D eigenvalue weighted by Gasteiger charge is -2.16. The third kappa shape index (κ3) is 3.88. The first-order valence-electron chi connectivity index (χ1n) is 6.18. The molecule has 1 aliphatic heterocycles. The van der Waals surface area contributed by atoms with Crippen molar-refractivity contribution < 1.29 is 21.6 Å². The summed E-state index contributed by atoms with van der Waals surface area (Å²) in [6, 6.07) is 4.82. The number of hydrogen-bond donors (Lipinski definition) is 0.